The van der Waals surface area contributed by atoms with Gasteiger partial charge in [0.05, 0.1) is 12.0 Å². The van der Waals surface area contributed by atoms with Crippen molar-refractivity contribution in [2.24, 2.45) is 23.2 Å². The molecule has 0 saturated carbocycles. The van der Waals surface area contributed by atoms with Gasteiger partial charge >= 0.3 is 0 Å². The van der Waals surface area contributed by atoms with Crippen LogP contribution in [-0.2, 0) is 4.74 Å². The Morgan fingerprint density at radius 3 is 2.93 bits per heavy atom. The highest BCUT2D eigenvalue weighted by Crippen LogP contribution is 2.46. The zero-order chi connectivity index (χ0) is 10.3. The number of hydrogen-bond donors (Lipinski definition) is 0. The molecule has 0 aromatic heterocycles. The van der Waals surface area contributed by atoms with Crippen LogP contribution >= 0.6 is 12.2 Å². The summed E-state index contributed by atoms with van der Waals surface area (Å²) in [5, 5.41) is 0.793. The summed E-state index contributed by atoms with van der Waals surface area (Å²) >= 11 is 5.26. The van der Waals surface area contributed by atoms with Crippen molar-refractivity contribution in [2.45, 2.75) is 27.2 Å². The predicted octanol–water partition coefficient (Wildman–Crippen LogP) is 3.20. The first kappa shape index (κ1) is 10.2. The summed E-state index contributed by atoms with van der Waals surface area (Å²) in [6, 6.07) is 0. The fourth-order valence-corrected chi connectivity index (χ4v) is 2.72. The molecule has 1 saturated heterocycles. The molecule has 0 aromatic carbocycles. The number of rotatable bonds is 1. The molecule has 0 bridgehead atoms. The molecule has 3 atom stereocenters. The zero-order valence-corrected chi connectivity index (χ0v) is 9.93. The van der Waals surface area contributed by atoms with Crippen LogP contribution in [-0.4, -0.2) is 11.7 Å². The molecule has 1 aliphatic heterocycles. The monoisotopic (exact) mass is 210 g/mol. The van der Waals surface area contributed by atoms with E-state index in [1.54, 1.807) is 0 Å². The van der Waals surface area contributed by atoms with Gasteiger partial charge in [-0.05, 0) is 37.4 Å². The van der Waals surface area contributed by atoms with Crippen LogP contribution < -0.4 is 0 Å². The Balaban J connectivity index is 2.23. The molecule has 2 aliphatic rings. The maximum absolute atomic E-state index is 5.51. The SMILES string of the molecule is CC(C)[C@H]1C=C[C@]2(C)C(=S)OC[C@H]2C1. The summed E-state index contributed by atoms with van der Waals surface area (Å²) in [5.74, 6) is 2.04. The van der Waals surface area contributed by atoms with Crippen molar-refractivity contribution in [2.75, 3.05) is 6.61 Å². The van der Waals surface area contributed by atoms with Gasteiger partial charge in [-0.25, -0.2) is 0 Å². The normalized spacial score (nSPS) is 41.3. The summed E-state index contributed by atoms with van der Waals surface area (Å²) in [5.41, 5.74) is 0.0424. The Morgan fingerprint density at radius 2 is 2.29 bits per heavy atom. The van der Waals surface area contributed by atoms with Crippen LogP contribution in [0.5, 0.6) is 0 Å². The van der Waals surface area contributed by atoms with Crippen LogP contribution in [0.1, 0.15) is 27.2 Å². The lowest BCUT2D eigenvalue weighted by molar-refractivity contribution is 0.226. The van der Waals surface area contributed by atoms with E-state index in [2.05, 4.69) is 32.9 Å². The number of fused-ring (bicyclic) bond motifs is 1. The van der Waals surface area contributed by atoms with Crippen LogP contribution in [0.2, 0.25) is 0 Å². The number of ether oxygens (including phenoxy) is 1. The van der Waals surface area contributed by atoms with Gasteiger partial charge < -0.3 is 4.74 Å². The summed E-state index contributed by atoms with van der Waals surface area (Å²) in [6.45, 7) is 7.60. The lowest BCUT2D eigenvalue weighted by Gasteiger charge is -2.33. The molecule has 2 heteroatoms. The first-order chi connectivity index (χ1) is 6.54. The minimum absolute atomic E-state index is 0.0424. The van der Waals surface area contributed by atoms with E-state index in [1.807, 2.05) is 0 Å². The van der Waals surface area contributed by atoms with Gasteiger partial charge in [-0.3, -0.25) is 0 Å². The molecule has 0 spiro atoms. The fraction of sp³-hybridized carbons (Fsp3) is 0.750. The van der Waals surface area contributed by atoms with Crippen LogP contribution in [0.4, 0.5) is 0 Å². The topological polar surface area (TPSA) is 9.23 Å². The van der Waals surface area contributed by atoms with Gasteiger partial charge in [-0.1, -0.05) is 26.0 Å². The predicted molar refractivity (Wildman–Crippen MR) is 62.2 cm³/mol. The van der Waals surface area contributed by atoms with Crippen molar-refractivity contribution in [3.8, 4) is 0 Å². The van der Waals surface area contributed by atoms with Crippen LogP contribution in [0.25, 0.3) is 0 Å². The molecular weight excluding hydrogens is 192 g/mol. The van der Waals surface area contributed by atoms with Gasteiger partial charge in [0.1, 0.15) is 0 Å². The highest BCUT2D eigenvalue weighted by molar-refractivity contribution is 7.80. The third-order valence-corrected chi connectivity index (χ3v) is 4.36. The van der Waals surface area contributed by atoms with E-state index >= 15 is 0 Å². The van der Waals surface area contributed by atoms with Gasteiger partial charge in [-0.15, -0.1) is 0 Å². The number of thiocarbonyl (C=S) groups is 1. The van der Waals surface area contributed by atoms with Crippen LogP contribution in [0, 0.1) is 23.2 Å². The Hall–Kier alpha value is -0.370. The van der Waals surface area contributed by atoms with Gasteiger partial charge in [0.15, 0.2) is 5.05 Å². The second-order valence-corrected chi connectivity index (χ2v) is 5.45. The van der Waals surface area contributed by atoms with Crippen molar-refractivity contribution >= 4 is 17.3 Å². The Labute approximate surface area is 91.5 Å². The van der Waals surface area contributed by atoms with Crippen LogP contribution in [0.3, 0.4) is 0 Å². The summed E-state index contributed by atoms with van der Waals surface area (Å²) in [6.07, 6.45) is 5.84. The first-order valence-corrected chi connectivity index (χ1v) is 5.81. The zero-order valence-electron chi connectivity index (χ0n) is 9.12. The molecule has 78 valence electrons. The van der Waals surface area contributed by atoms with Crippen molar-refractivity contribution in [3.63, 3.8) is 0 Å². The van der Waals surface area contributed by atoms with Crippen molar-refractivity contribution in [1.82, 2.24) is 0 Å². The summed E-state index contributed by atoms with van der Waals surface area (Å²) in [4.78, 5) is 0. The smallest absolute Gasteiger partial charge is 0.169 e. The fourth-order valence-electron chi connectivity index (χ4n) is 2.41. The van der Waals surface area contributed by atoms with E-state index < -0.39 is 0 Å². The molecule has 14 heavy (non-hydrogen) atoms. The molecule has 1 aliphatic carbocycles. The molecule has 0 aromatic rings. The quantitative estimate of drug-likeness (QED) is 0.485. The Bertz CT molecular complexity index is 282. The molecule has 0 radical (unpaired) electrons. The largest absolute Gasteiger partial charge is 0.486 e. The average molecular weight is 210 g/mol. The minimum Gasteiger partial charge on any atom is -0.486 e. The van der Waals surface area contributed by atoms with Crippen LogP contribution in [0.15, 0.2) is 12.2 Å². The summed E-state index contributed by atoms with van der Waals surface area (Å²) in [7, 11) is 0. The molecular formula is C12H18OS. The van der Waals surface area contributed by atoms with Crippen molar-refractivity contribution < 1.29 is 4.74 Å². The molecule has 0 amide bonds. The third kappa shape index (κ3) is 1.40. The Morgan fingerprint density at radius 1 is 1.57 bits per heavy atom. The number of hydrogen-bond acceptors (Lipinski definition) is 2. The van der Waals surface area contributed by atoms with Crippen molar-refractivity contribution in [3.05, 3.63) is 12.2 Å². The van der Waals surface area contributed by atoms with Gasteiger partial charge in [0, 0.05) is 5.92 Å². The lowest BCUT2D eigenvalue weighted by atomic mass is 9.69. The van der Waals surface area contributed by atoms with Gasteiger partial charge in [0.2, 0.25) is 0 Å². The molecule has 1 fully saturated rings. The number of allylic oxidation sites excluding steroid dienone is 1. The lowest BCUT2D eigenvalue weighted by Crippen LogP contribution is -2.32. The average Bonchev–Trinajstić information content (AvgIpc) is 2.42. The van der Waals surface area contributed by atoms with Crippen molar-refractivity contribution in [1.29, 1.82) is 0 Å². The Kier molecular flexibility index (Phi) is 2.42. The maximum Gasteiger partial charge on any atom is 0.169 e. The van der Waals surface area contributed by atoms with E-state index in [-0.39, 0.29) is 5.41 Å². The molecule has 0 unspecified atom stereocenters. The molecule has 2 rings (SSSR count). The molecule has 1 nitrogen and oxygen atoms in total. The van der Waals surface area contributed by atoms with E-state index in [4.69, 9.17) is 17.0 Å². The van der Waals surface area contributed by atoms with E-state index in [9.17, 15) is 0 Å². The second kappa shape index (κ2) is 3.34. The second-order valence-electron chi connectivity index (χ2n) is 5.08. The minimum atomic E-state index is 0.0424. The third-order valence-electron chi connectivity index (χ3n) is 3.81. The first-order valence-electron chi connectivity index (χ1n) is 5.40. The highest BCUT2D eigenvalue weighted by Gasteiger charge is 2.46. The van der Waals surface area contributed by atoms with E-state index in [1.165, 1.54) is 6.42 Å². The standard InChI is InChI=1S/C12H18OS/c1-8(2)9-4-5-12(3)10(6-9)7-13-11(12)14/h4-5,8-10H,6-7H2,1-3H3/t9-,10+,12-/m0/s1. The van der Waals surface area contributed by atoms with E-state index in [0.717, 1.165) is 17.6 Å². The summed E-state index contributed by atoms with van der Waals surface area (Å²) < 4.78 is 5.51. The maximum atomic E-state index is 5.51. The molecule has 0 N–H and O–H groups in total. The van der Waals surface area contributed by atoms with Gasteiger partial charge in [0.25, 0.3) is 0 Å². The van der Waals surface area contributed by atoms with Gasteiger partial charge in [-0.2, -0.15) is 0 Å². The molecule has 1 heterocycles. The highest BCUT2D eigenvalue weighted by atomic mass is 32.1. The van der Waals surface area contributed by atoms with E-state index in [0.29, 0.717) is 11.8 Å².